The van der Waals surface area contributed by atoms with Crippen molar-refractivity contribution in [2.45, 2.75) is 5.54 Å². The van der Waals surface area contributed by atoms with E-state index in [-0.39, 0.29) is 5.69 Å². The molecule has 0 saturated carbocycles. The molecule has 5 aromatic rings. The predicted octanol–water partition coefficient (Wildman–Crippen LogP) is 4.98. The van der Waals surface area contributed by atoms with Gasteiger partial charge in [-0.2, -0.15) is 5.10 Å². The first-order valence-corrected chi connectivity index (χ1v) is 10.2. The van der Waals surface area contributed by atoms with Crippen LogP contribution in [0.3, 0.4) is 0 Å². The van der Waals surface area contributed by atoms with Gasteiger partial charge in [-0.3, -0.25) is 4.79 Å². The van der Waals surface area contributed by atoms with E-state index in [1.807, 2.05) is 83.5 Å². The van der Waals surface area contributed by atoms with Crippen LogP contribution in [0.15, 0.2) is 115 Å². The number of hydrogen-bond donors (Lipinski definition) is 1. The van der Waals surface area contributed by atoms with Gasteiger partial charge in [0.15, 0.2) is 5.69 Å². The molecule has 0 aliphatic carbocycles. The van der Waals surface area contributed by atoms with Gasteiger partial charge in [0.05, 0.1) is 5.52 Å². The smallest absolute Gasteiger partial charge is 0.269 e. The van der Waals surface area contributed by atoms with Gasteiger partial charge in [-0.05, 0) is 22.8 Å². The van der Waals surface area contributed by atoms with Gasteiger partial charge in [-0.25, -0.2) is 4.68 Å². The second kappa shape index (κ2) is 7.58. The van der Waals surface area contributed by atoms with Crippen molar-refractivity contribution in [2.75, 3.05) is 0 Å². The highest BCUT2D eigenvalue weighted by molar-refractivity contribution is 6.04. The van der Waals surface area contributed by atoms with E-state index in [1.165, 1.54) is 0 Å². The van der Waals surface area contributed by atoms with E-state index in [9.17, 15) is 4.79 Å². The Bertz CT molecular complexity index is 1250. The summed E-state index contributed by atoms with van der Waals surface area (Å²) in [6.07, 6.45) is 0. The fraction of sp³-hybridized carbons (Fsp3) is 0.0370. The summed E-state index contributed by atoms with van der Waals surface area (Å²) in [6.45, 7) is 0. The maximum atomic E-state index is 12.3. The van der Waals surface area contributed by atoms with Gasteiger partial charge < -0.3 is 5.73 Å². The molecule has 31 heavy (non-hydrogen) atoms. The molecular formula is C27H21N3O. The third-order valence-electron chi connectivity index (χ3n) is 5.71. The minimum absolute atomic E-state index is 0.266. The lowest BCUT2D eigenvalue weighted by Crippen LogP contribution is -2.38. The molecule has 0 aliphatic rings. The summed E-state index contributed by atoms with van der Waals surface area (Å²) in [4.78, 5) is 12.3. The van der Waals surface area contributed by atoms with Gasteiger partial charge in [0, 0.05) is 5.39 Å². The average molecular weight is 403 g/mol. The van der Waals surface area contributed by atoms with Crippen LogP contribution in [-0.2, 0) is 5.54 Å². The standard InChI is InChI=1S/C27H21N3O/c28-26(31)25-23-18-10-11-19-24(23)30(29-25)27(20-12-4-1-5-13-20,21-14-6-2-7-15-21)22-16-8-3-9-17-22/h1-19H,(H2,28,31). The monoisotopic (exact) mass is 403 g/mol. The highest BCUT2D eigenvalue weighted by Gasteiger charge is 2.41. The fourth-order valence-corrected chi connectivity index (χ4v) is 4.41. The van der Waals surface area contributed by atoms with Crippen LogP contribution < -0.4 is 5.73 Å². The molecule has 0 unspecified atom stereocenters. The van der Waals surface area contributed by atoms with Crippen molar-refractivity contribution in [1.82, 2.24) is 9.78 Å². The van der Waals surface area contributed by atoms with Gasteiger partial charge in [0.25, 0.3) is 5.91 Å². The Hall–Kier alpha value is -4.18. The molecule has 4 heteroatoms. The quantitative estimate of drug-likeness (QED) is 0.421. The van der Waals surface area contributed by atoms with Gasteiger partial charge >= 0.3 is 0 Å². The Kier molecular flexibility index (Phi) is 4.60. The van der Waals surface area contributed by atoms with E-state index in [2.05, 4.69) is 36.4 Å². The number of benzene rings is 4. The Morgan fingerprint density at radius 2 is 1.06 bits per heavy atom. The second-order valence-electron chi connectivity index (χ2n) is 7.45. The Morgan fingerprint density at radius 1 is 0.645 bits per heavy atom. The number of nitrogens with two attached hydrogens (primary N) is 1. The van der Waals surface area contributed by atoms with Gasteiger partial charge in [-0.15, -0.1) is 0 Å². The average Bonchev–Trinajstić information content (AvgIpc) is 3.22. The van der Waals surface area contributed by atoms with Crippen LogP contribution in [-0.4, -0.2) is 15.7 Å². The topological polar surface area (TPSA) is 60.9 Å². The number of hydrogen-bond acceptors (Lipinski definition) is 2. The maximum Gasteiger partial charge on any atom is 0.269 e. The summed E-state index contributed by atoms with van der Waals surface area (Å²) in [7, 11) is 0. The molecule has 0 radical (unpaired) electrons. The Balaban J connectivity index is 2.00. The minimum Gasteiger partial charge on any atom is -0.364 e. The van der Waals surface area contributed by atoms with Crippen molar-refractivity contribution in [3.63, 3.8) is 0 Å². The highest BCUT2D eigenvalue weighted by atomic mass is 16.1. The van der Waals surface area contributed by atoms with Crippen LogP contribution in [0, 0.1) is 0 Å². The zero-order valence-corrected chi connectivity index (χ0v) is 16.8. The number of primary amides is 1. The summed E-state index contributed by atoms with van der Waals surface area (Å²) in [6, 6.07) is 38.5. The first-order chi connectivity index (χ1) is 15.2. The molecule has 150 valence electrons. The zero-order chi connectivity index (χ0) is 21.3. The molecule has 1 heterocycles. The first-order valence-electron chi connectivity index (χ1n) is 10.2. The van der Waals surface area contributed by atoms with Crippen LogP contribution in [0.2, 0.25) is 0 Å². The summed E-state index contributed by atoms with van der Waals surface area (Å²) in [5, 5.41) is 5.57. The molecule has 5 rings (SSSR count). The van der Waals surface area contributed by atoms with E-state index < -0.39 is 11.4 Å². The number of aromatic nitrogens is 2. The molecule has 0 bridgehead atoms. The van der Waals surface area contributed by atoms with Crippen molar-refractivity contribution in [3.05, 3.63) is 138 Å². The van der Waals surface area contributed by atoms with Gasteiger partial charge in [-0.1, -0.05) is 109 Å². The first kappa shape index (κ1) is 18.8. The zero-order valence-electron chi connectivity index (χ0n) is 16.8. The van der Waals surface area contributed by atoms with E-state index in [1.54, 1.807) is 0 Å². The van der Waals surface area contributed by atoms with Crippen LogP contribution in [0.1, 0.15) is 27.2 Å². The Labute approximate surface area is 180 Å². The molecule has 0 atom stereocenters. The number of carbonyl (C=O) groups is 1. The van der Waals surface area contributed by atoms with Gasteiger partial charge in [0.1, 0.15) is 5.54 Å². The van der Waals surface area contributed by atoms with E-state index in [4.69, 9.17) is 10.8 Å². The van der Waals surface area contributed by atoms with E-state index in [0.717, 1.165) is 27.6 Å². The normalized spacial score (nSPS) is 11.5. The Morgan fingerprint density at radius 3 is 1.52 bits per heavy atom. The molecule has 0 spiro atoms. The number of fused-ring (bicyclic) bond motifs is 1. The van der Waals surface area contributed by atoms with E-state index >= 15 is 0 Å². The van der Waals surface area contributed by atoms with Crippen LogP contribution in [0.25, 0.3) is 10.9 Å². The van der Waals surface area contributed by atoms with Crippen LogP contribution in [0.5, 0.6) is 0 Å². The summed E-state index contributed by atoms with van der Waals surface area (Å²) in [5.41, 5.74) is 9.17. The fourth-order valence-electron chi connectivity index (χ4n) is 4.41. The molecular weight excluding hydrogens is 382 g/mol. The minimum atomic E-state index is -0.795. The number of rotatable bonds is 5. The third kappa shape index (κ3) is 2.92. The van der Waals surface area contributed by atoms with Crippen molar-refractivity contribution in [2.24, 2.45) is 5.73 Å². The summed E-state index contributed by atoms with van der Waals surface area (Å²) < 4.78 is 1.95. The SMILES string of the molecule is NC(=O)c1nn(C(c2ccccc2)(c2ccccc2)c2ccccc2)c2ccccc12. The molecule has 0 saturated heterocycles. The number of nitrogens with zero attached hydrogens (tertiary/aromatic N) is 2. The summed E-state index contributed by atoms with van der Waals surface area (Å²) >= 11 is 0. The molecule has 4 nitrogen and oxygen atoms in total. The molecule has 1 amide bonds. The lowest BCUT2D eigenvalue weighted by molar-refractivity contribution is 0.0996. The largest absolute Gasteiger partial charge is 0.364 e. The molecule has 4 aromatic carbocycles. The van der Waals surface area contributed by atoms with E-state index in [0.29, 0.717) is 0 Å². The van der Waals surface area contributed by atoms with Crippen LogP contribution >= 0.6 is 0 Å². The number of amides is 1. The van der Waals surface area contributed by atoms with Crippen LogP contribution in [0.4, 0.5) is 0 Å². The maximum absolute atomic E-state index is 12.3. The second-order valence-corrected chi connectivity index (χ2v) is 7.45. The molecule has 0 fully saturated rings. The van der Waals surface area contributed by atoms with Crippen molar-refractivity contribution >= 4 is 16.8 Å². The third-order valence-corrected chi connectivity index (χ3v) is 5.71. The van der Waals surface area contributed by atoms with Crippen molar-refractivity contribution in [3.8, 4) is 0 Å². The molecule has 2 N–H and O–H groups in total. The summed E-state index contributed by atoms with van der Waals surface area (Å²) in [5.74, 6) is -0.543. The molecule has 0 aliphatic heterocycles. The predicted molar refractivity (Wildman–Crippen MR) is 123 cm³/mol. The van der Waals surface area contributed by atoms with Crippen molar-refractivity contribution in [1.29, 1.82) is 0 Å². The van der Waals surface area contributed by atoms with Gasteiger partial charge in [0.2, 0.25) is 0 Å². The number of para-hydroxylation sites is 1. The highest BCUT2D eigenvalue weighted by Crippen LogP contribution is 2.42. The number of carbonyl (C=O) groups excluding carboxylic acids is 1. The lowest BCUT2D eigenvalue weighted by Gasteiger charge is -2.37. The van der Waals surface area contributed by atoms with Crippen molar-refractivity contribution < 1.29 is 4.79 Å². The lowest BCUT2D eigenvalue weighted by atomic mass is 9.77. The molecule has 1 aromatic heterocycles.